The molecule has 4 heteroatoms. The van der Waals surface area contributed by atoms with Crippen LogP contribution in [0, 0.1) is 0 Å². The molecule has 0 heterocycles. The van der Waals surface area contributed by atoms with Crippen molar-refractivity contribution in [1.29, 1.82) is 0 Å². The number of benzene rings is 2. The zero-order valence-electron chi connectivity index (χ0n) is 12.2. The van der Waals surface area contributed by atoms with Crippen LogP contribution in [0.4, 0.5) is 5.69 Å². The van der Waals surface area contributed by atoms with E-state index >= 15 is 0 Å². The average molecular weight is 285 g/mol. The first-order chi connectivity index (χ1) is 10.2. The minimum Gasteiger partial charge on any atom is -0.495 e. The van der Waals surface area contributed by atoms with E-state index in [9.17, 15) is 4.79 Å². The Kier molecular flexibility index (Phi) is 5.21. The fourth-order valence-corrected chi connectivity index (χ4v) is 2.14. The van der Waals surface area contributed by atoms with Crippen LogP contribution in [0.5, 0.6) is 5.75 Å². The topological polar surface area (TPSA) is 47.6 Å². The van der Waals surface area contributed by atoms with E-state index < -0.39 is 6.04 Å². The van der Waals surface area contributed by atoms with E-state index in [4.69, 9.17) is 9.47 Å². The molecule has 2 aromatic carbocycles. The van der Waals surface area contributed by atoms with E-state index in [-0.39, 0.29) is 5.97 Å². The zero-order chi connectivity index (χ0) is 15.1. The summed E-state index contributed by atoms with van der Waals surface area (Å²) in [4.78, 5) is 12.0. The number of nitrogens with one attached hydrogen (secondary N) is 1. The second-order valence-electron chi connectivity index (χ2n) is 4.61. The van der Waals surface area contributed by atoms with Gasteiger partial charge in [-0.25, -0.2) is 4.79 Å². The van der Waals surface area contributed by atoms with Crippen molar-refractivity contribution in [3.8, 4) is 5.75 Å². The minimum absolute atomic E-state index is 0.301. The van der Waals surface area contributed by atoms with Crippen LogP contribution >= 0.6 is 0 Å². The van der Waals surface area contributed by atoms with Gasteiger partial charge in [0.25, 0.3) is 0 Å². The van der Waals surface area contributed by atoms with Crippen LogP contribution in [0.15, 0.2) is 54.6 Å². The lowest BCUT2D eigenvalue weighted by molar-refractivity contribution is -0.141. The van der Waals surface area contributed by atoms with Gasteiger partial charge in [0.2, 0.25) is 0 Å². The summed E-state index contributed by atoms with van der Waals surface area (Å²) in [6.07, 6.45) is 0.547. The van der Waals surface area contributed by atoms with Gasteiger partial charge in [0.05, 0.1) is 19.9 Å². The number of carbonyl (C=O) groups excluding carboxylic acids is 1. The van der Waals surface area contributed by atoms with E-state index in [0.717, 1.165) is 11.3 Å². The predicted molar refractivity (Wildman–Crippen MR) is 82.6 cm³/mol. The van der Waals surface area contributed by atoms with Crippen molar-refractivity contribution in [2.45, 2.75) is 12.5 Å². The number of ether oxygens (including phenoxy) is 2. The monoisotopic (exact) mass is 285 g/mol. The van der Waals surface area contributed by atoms with Crippen LogP contribution in [0.2, 0.25) is 0 Å². The third-order valence-corrected chi connectivity index (χ3v) is 3.21. The van der Waals surface area contributed by atoms with Crippen LogP contribution in [0.25, 0.3) is 0 Å². The maximum Gasteiger partial charge on any atom is 0.328 e. The summed E-state index contributed by atoms with van der Waals surface area (Å²) in [7, 11) is 3.00. The Morgan fingerprint density at radius 2 is 1.71 bits per heavy atom. The van der Waals surface area contributed by atoms with Gasteiger partial charge in [0, 0.05) is 6.42 Å². The highest BCUT2D eigenvalue weighted by molar-refractivity contribution is 5.80. The smallest absolute Gasteiger partial charge is 0.328 e. The Morgan fingerprint density at radius 1 is 1.05 bits per heavy atom. The van der Waals surface area contributed by atoms with Crippen LogP contribution in [-0.2, 0) is 16.0 Å². The molecule has 0 saturated carbocycles. The fraction of sp³-hybridized carbons (Fsp3) is 0.235. The van der Waals surface area contributed by atoms with Crippen molar-refractivity contribution in [3.63, 3.8) is 0 Å². The third kappa shape index (κ3) is 3.99. The number of methoxy groups -OCH3 is 2. The molecule has 0 amide bonds. The summed E-state index contributed by atoms with van der Waals surface area (Å²) in [5.74, 6) is 0.393. The molecule has 0 aliphatic rings. The zero-order valence-corrected chi connectivity index (χ0v) is 12.2. The third-order valence-electron chi connectivity index (χ3n) is 3.21. The van der Waals surface area contributed by atoms with Gasteiger partial charge in [-0.15, -0.1) is 0 Å². The highest BCUT2D eigenvalue weighted by Gasteiger charge is 2.20. The molecule has 0 aromatic heterocycles. The SMILES string of the molecule is COC(=O)C(Cc1ccccc1)Nc1ccccc1OC. The molecule has 2 rings (SSSR count). The van der Waals surface area contributed by atoms with Crippen LogP contribution in [0.3, 0.4) is 0 Å². The molecule has 4 nitrogen and oxygen atoms in total. The maximum absolute atomic E-state index is 12.0. The summed E-state index contributed by atoms with van der Waals surface area (Å²) < 4.78 is 10.2. The largest absolute Gasteiger partial charge is 0.495 e. The lowest BCUT2D eigenvalue weighted by atomic mass is 10.1. The first-order valence-corrected chi connectivity index (χ1v) is 6.76. The van der Waals surface area contributed by atoms with Crippen molar-refractivity contribution < 1.29 is 14.3 Å². The Labute approximate surface area is 124 Å². The first kappa shape index (κ1) is 14.9. The van der Waals surface area contributed by atoms with E-state index in [0.29, 0.717) is 12.2 Å². The molecular formula is C17H19NO3. The molecule has 0 radical (unpaired) electrons. The van der Waals surface area contributed by atoms with Crippen LogP contribution in [-0.4, -0.2) is 26.2 Å². The van der Waals surface area contributed by atoms with Gasteiger partial charge in [-0.2, -0.15) is 0 Å². The van der Waals surface area contributed by atoms with Crippen molar-refractivity contribution in [2.24, 2.45) is 0 Å². The van der Waals surface area contributed by atoms with Gasteiger partial charge in [0.15, 0.2) is 0 Å². The summed E-state index contributed by atoms with van der Waals surface area (Å²) in [6.45, 7) is 0. The number of para-hydroxylation sites is 2. The highest BCUT2D eigenvalue weighted by Crippen LogP contribution is 2.24. The molecule has 0 aliphatic carbocycles. The standard InChI is InChI=1S/C17H19NO3/c1-20-16-11-7-6-10-14(16)18-15(17(19)21-2)12-13-8-4-3-5-9-13/h3-11,15,18H,12H2,1-2H3. The highest BCUT2D eigenvalue weighted by atomic mass is 16.5. The number of hydrogen-bond donors (Lipinski definition) is 1. The van der Waals surface area contributed by atoms with E-state index in [1.54, 1.807) is 7.11 Å². The molecule has 0 fully saturated rings. The Hall–Kier alpha value is -2.49. The van der Waals surface area contributed by atoms with Crippen molar-refractivity contribution in [3.05, 3.63) is 60.2 Å². The molecule has 21 heavy (non-hydrogen) atoms. The predicted octanol–water partition coefficient (Wildman–Crippen LogP) is 2.89. The molecule has 0 bridgehead atoms. The average Bonchev–Trinajstić information content (AvgIpc) is 2.55. The molecule has 1 unspecified atom stereocenters. The molecule has 2 aromatic rings. The lowest BCUT2D eigenvalue weighted by Crippen LogP contribution is -2.33. The van der Waals surface area contributed by atoms with Gasteiger partial charge in [-0.1, -0.05) is 42.5 Å². The van der Waals surface area contributed by atoms with Crippen molar-refractivity contribution in [2.75, 3.05) is 19.5 Å². The first-order valence-electron chi connectivity index (χ1n) is 6.76. The van der Waals surface area contributed by atoms with Crippen molar-refractivity contribution in [1.82, 2.24) is 0 Å². The minimum atomic E-state index is -0.464. The summed E-state index contributed by atoms with van der Waals surface area (Å²) in [6, 6.07) is 16.9. The summed E-state index contributed by atoms with van der Waals surface area (Å²) in [5, 5.41) is 3.20. The number of rotatable bonds is 6. The van der Waals surface area contributed by atoms with E-state index in [1.165, 1.54) is 7.11 Å². The summed E-state index contributed by atoms with van der Waals surface area (Å²) in [5.41, 5.74) is 1.83. The molecule has 0 spiro atoms. The van der Waals surface area contributed by atoms with Gasteiger partial charge in [-0.05, 0) is 17.7 Å². The fourth-order valence-electron chi connectivity index (χ4n) is 2.14. The summed E-state index contributed by atoms with van der Waals surface area (Å²) >= 11 is 0. The molecule has 1 N–H and O–H groups in total. The van der Waals surface area contributed by atoms with Crippen LogP contribution < -0.4 is 10.1 Å². The Bertz CT molecular complexity index is 584. The Balaban J connectivity index is 2.19. The van der Waals surface area contributed by atoms with Gasteiger partial charge >= 0.3 is 5.97 Å². The Morgan fingerprint density at radius 3 is 2.38 bits per heavy atom. The van der Waals surface area contributed by atoms with Gasteiger partial charge < -0.3 is 14.8 Å². The number of esters is 1. The second-order valence-corrected chi connectivity index (χ2v) is 4.61. The number of hydrogen-bond acceptors (Lipinski definition) is 4. The molecule has 0 aliphatic heterocycles. The number of carbonyl (C=O) groups is 1. The molecular weight excluding hydrogens is 266 g/mol. The van der Waals surface area contributed by atoms with Gasteiger partial charge in [0.1, 0.15) is 11.8 Å². The number of anilines is 1. The van der Waals surface area contributed by atoms with E-state index in [1.807, 2.05) is 54.6 Å². The molecule has 0 saturated heterocycles. The molecule has 1 atom stereocenters. The van der Waals surface area contributed by atoms with Crippen LogP contribution in [0.1, 0.15) is 5.56 Å². The maximum atomic E-state index is 12.0. The second kappa shape index (κ2) is 7.33. The van der Waals surface area contributed by atoms with Gasteiger partial charge in [-0.3, -0.25) is 0 Å². The molecule has 110 valence electrons. The quantitative estimate of drug-likeness (QED) is 0.829. The normalized spacial score (nSPS) is 11.5. The van der Waals surface area contributed by atoms with E-state index in [2.05, 4.69) is 5.32 Å². The van der Waals surface area contributed by atoms with Crippen molar-refractivity contribution >= 4 is 11.7 Å². The lowest BCUT2D eigenvalue weighted by Gasteiger charge is -2.19.